The maximum Gasteiger partial charge on any atom is 0.145 e. The maximum absolute atomic E-state index is 8.94. The third-order valence-electron chi connectivity index (χ3n) is 7.07. The van der Waals surface area contributed by atoms with E-state index >= 15 is 0 Å². The van der Waals surface area contributed by atoms with E-state index in [0.717, 1.165) is 61.1 Å². The lowest BCUT2D eigenvalue weighted by atomic mass is 9.93. The molecule has 0 aliphatic carbocycles. The molecule has 2 heterocycles. The molecule has 0 atom stereocenters. The van der Waals surface area contributed by atoms with Gasteiger partial charge in [-0.25, -0.2) is 9.97 Å². The summed E-state index contributed by atoms with van der Waals surface area (Å²) in [5.74, 6) is 6.85. The summed E-state index contributed by atoms with van der Waals surface area (Å²) >= 11 is 0. The Balaban J connectivity index is 1.42. The Morgan fingerprint density at radius 2 is 1.66 bits per heavy atom. The van der Waals surface area contributed by atoms with Crippen LogP contribution in [0.15, 0.2) is 66.7 Å². The van der Waals surface area contributed by atoms with E-state index in [9.17, 15) is 0 Å². The second-order valence-electron chi connectivity index (χ2n) is 11.0. The summed E-state index contributed by atoms with van der Waals surface area (Å²) in [6.45, 7) is 12.2. The fraction of sp³-hybridized carbons (Fsp3) is 0.367. The molecule has 2 aromatic carbocycles. The number of nitrogens with two attached hydrogens (primary N) is 3. The third kappa shape index (κ3) is 7.72. The first-order valence-corrected chi connectivity index (χ1v) is 13.8. The fourth-order valence-electron chi connectivity index (χ4n) is 4.74. The molecule has 4 rings (SSSR count). The highest BCUT2D eigenvalue weighted by Gasteiger charge is 2.20. The normalized spacial score (nSPS) is 14.6. The Morgan fingerprint density at radius 3 is 2.27 bits per heavy atom. The molecule has 218 valence electrons. The van der Waals surface area contributed by atoms with Crippen LogP contribution < -0.4 is 32.9 Å². The summed E-state index contributed by atoms with van der Waals surface area (Å²) in [4.78, 5) is 18.3. The molecule has 9 N–H and O–H groups in total. The van der Waals surface area contributed by atoms with Crippen LogP contribution in [0.3, 0.4) is 0 Å². The number of nitrogens with one attached hydrogen (secondary N) is 3. The van der Waals surface area contributed by atoms with Crippen molar-refractivity contribution in [3.05, 3.63) is 77.8 Å². The largest absolute Gasteiger partial charge is 0.416 e. The summed E-state index contributed by atoms with van der Waals surface area (Å²) in [7, 11) is 0. The molecule has 0 radical (unpaired) electrons. The van der Waals surface area contributed by atoms with Gasteiger partial charge >= 0.3 is 0 Å². The van der Waals surface area contributed by atoms with Gasteiger partial charge in [-0.2, -0.15) is 5.90 Å². The molecular weight excluding hydrogens is 516 g/mol. The number of rotatable bonds is 11. The summed E-state index contributed by atoms with van der Waals surface area (Å²) in [6.07, 6.45) is 3.33. The Labute approximate surface area is 242 Å². The first-order valence-electron chi connectivity index (χ1n) is 13.8. The minimum atomic E-state index is -0.169. The zero-order valence-electron chi connectivity index (χ0n) is 24.2. The Kier molecular flexibility index (Phi) is 9.77. The van der Waals surface area contributed by atoms with Crippen molar-refractivity contribution in [2.75, 3.05) is 67.1 Å². The molecule has 41 heavy (non-hydrogen) atoms. The van der Waals surface area contributed by atoms with Gasteiger partial charge in [0.2, 0.25) is 0 Å². The van der Waals surface area contributed by atoms with Crippen LogP contribution >= 0.6 is 0 Å². The van der Waals surface area contributed by atoms with Gasteiger partial charge in [-0.05, 0) is 42.5 Å². The molecule has 0 spiro atoms. The Morgan fingerprint density at radius 1 is 1.00 bits per heavy atom. The standard InChI is InChI=1S/C30H42N10O/c1-30(2,3)25(41-34)12-14-35-22-6-8-23(9-7-22)38-29-26(28(33)36-20-37-29)27(32)21-4-10-24(11-5-21)40-18-16-39(15-13-31)17-19-40/h4-12,20,32,35H,13-19,31,34H2,1-3H3,(H3,33,36,37,38)/b25-12-,32-27?. The number of hydrogen-bond donors (Lipinski definition) is 6. The predicted octanol–water partition coefficient (Wildman–Crippen LogP) is 3.53. The average Bonchev–Trinajstić information content (AvgIpc) is 2.96. The van der Waals surface area contributed by atoms with E-state index < -0.39 is 0 Å². The molecule has 0 saturated carbocycles. The number of nitrogens with zero attached hydrogens (tertiary/aromatic N) is 4. The van der Waals surface area contributed by atoms with Crippen molar-refractivity contribution < 1.29 is 4.84 Å². The van der Waals surface area contributed by atoms with Crippen molar-refractivity contribution >= 4 is 34.4 Å². The monoisotopic (exact) mass is 558 g/mol. The number of allylic oxidation sites excluding steroid dienone is 1. The third-order valence-corrected chi connectivity index (χ3v) is 7.07. The van der Waals surface area contributed by atoms with Gasteiger partial charge < -0.3 is 31.8 Å². The van der Waals surface area contributed by atoms with Crippen LogP contribution in [-0.2, 0) is 4.84 Å². The maximum atomic E-state index is 8.94. The van der Waals surface area contributed by atoms with Crippen LogP contribution in [0.2, 0.25) is 0 Å². The van der Waals surface area contributed by atoms with Gasteiger partial charge in [-0.15, -0.1) is 0 Å². The van der Waals surface area contributed by atoms with Crippen molar-refractivity contribution in [2.24, 2.45) is 17.0 Å². The van der Waals surface area contributed by atoms with Gasteiger partial charge in [-0.1, -0.05) is 32.9 Å². The summed E-state index contributed by atoms with van der Waals surface area (Å²) < 4.78 is 0. The van der Waals surface area contributed by atoms with Crippen LogP contribution in [-0.4, -0.2) is 66.4 Å². The molecule has 0 amide bonds. The van der Waals surface area contributed by atoms with Crippen molar-refractivity contribution in [1.82, 2.24) is 14.9 Å². The molecule has 1 saturated heterocycles. The highest BCUT2D eigenvalue weighted by atomic mass is 16.6. The van der Waals surface area contributed by atoms with Gasteiger partial charge in [0.1, 0.15) is 23.7 Å². The second kappa shape index (κ2) is 13.4. The van der Waals surface area contributed by atoms with Crippen LogP contribution in [0.5, 0.6) is 0 Å². The van der Waals surface area contributed by atoms with Gasteiger partial charge in [0.15, 0.2) is 0 Å². The zero-order valence-corrected chi connectivity index (χ0v) is 24.2. The number of piperazine rings is 1. The number of benzene rings is 2. The van der Waals surface area contributed by atoms with E-state index in [2.05, 4.69) is 42.5 Å². The molecule has 1 aliphatic heterocycles. The minimum Gasteiger partial charge on any atom is -0.416 e. The molecule has 0 bridgehead atoms. The van der Waals surface area contributed by atoms with E-state index in [1.807, 2.05) is 63.2 Å². The van der Waals surface area contributed by atoms with Crippen LogP contribution in [0.4, 0.5) is 28.7 Å². The Bertz CT molecular complexity index is 1320. The van der Waals surface area contributed by atoms with E-state index in [4.69, 9.17) is 27.6 Å². The lowest BCUT2D eigenvalue weighted by Crippen LogP contribution is -2.47. The molecule has 3 aromatic rings. The molecule has 0 unspecified atom stereocenters. The zero-order chi connectivity index (χ0) is 29.4. The number of aromatic nitrogens is 2. The minimum absolute atomic E-state index is 0.169. The molecule has 11 nitrogen and oxygen atoms in total. The highest BCUT2D eigenvalue weighted by Crippen LogP contribution is 2.27. The van der Waals surface area contributed by atoms with E-state index in [-0.39, 0.29) is 16.9 Å². The van der Waals surface area contributed by atoms with E-state index in [0.29, 0.717) is 24.5 Å². The molecule has 1 aliphatic rings. The predicted molar refractivity (Wildman–Crippen MR) is 168 cm³/mol. The van der Waals surface area contributed by atoms with Crippen LogP contribution in [0.25, 0.3) is 0 Å². The van der Waals surface area contributed by atoms with Gasteiger partial charge in [-0.3, -0.25) is 10.3 Å². The number of anilines is 5. The van der Waals surface area contributed by atoms with Gasteiger partial charge in [0, 0.05) is 73.9 Å². The smallest absolute Gasteiger partial charge is 0.145 e. The van der Waals surface area contributed by atoms with Crippen LogP contribution in [0.1, 0.15) is 31.9 Å². The SMILES string of the molecule is CC(C)(C)/C(=C/CNc1ccc(Nc2ncnc(N)c2C(=N)c2ccc(N3CCN(CCN)CC3)cc2)cc1)ON. The first kappa shape index (κ1) is 29.8. The van der Waals surface area contributed by atoms with E-state index in [1.54, 1.807) is 0 Å². The average molecular weight is 559 g/mol. The summed E-state index contributed by atoms with van der Waals surface area (Å²) in [5.41, 5.74) is 16.1. The molecular formula is C30H42N10O. The topological polar surface area (TPSA) is 167 Å². The first-order chi connectivity index (χ1) is 19.7. The summed E-state index contributed by atoms with van der Waals surface area (Å²) in [5, 5.41) is 15.6. The van der Waals surface area contributed by atoms with Crippen molar-refractivity contribution in [3.8, 4) is 0 Å². The fourth-order valence-corrected chi connectivity index (χ4v) is 4.74. The lowest BCUT2D eigenvalue weighted by Gasteiger charge is -2.36. The van der Waals surface area contributed by atoms with Crippen molar-refractivity contribution in [2.45, 2.75) is 20.8 Å². The lowest BCUT2D eigenvalue weighted by molar-refractivity contribution is 0.155. The second-order valence-corrected chi connectivity index (χ2v) is 11.0. The molecule has 1 aromatic heterocycles. The van der Waals surface area contributed by atoms with Gasteiger partial charge in [0.05, 0.1) is 11.3 Å². The van der Waals surface area contributed by atoms with Gasteiger partial charge in [0.25, 0.3) is 0 Å². The molecule has 1 fully saturated rings. The molecule has 11 heteroatoms. The highest BCUT2D eigenvalue weighted by molar-refractivity contribution is 6.16. The van der Waals surface area contributed by atoms with Crippen molar-refractivity contribution in [1.29, 1.82) is 5.41 Å². The Hall–Kier alpha value is -4.19. The van der Waals surface area contributed by atoms with E-state index in [1.165, 1.54) is 6.33 Å². The number of nitrogen functional groups attached to an aromatic ring is 1. The summed E-state index contributed by atoms with van der Waals surface area (Å²) in [6, 6.07) is 15.8. The van der Waals surface area contributed by atoms with Crippen molar-refractivity contribution in [3.63, 3.8) is 0 Å². The quantitative estimate of drug-likeness (QED) is 0.116. The number of hydrogen-bond acceptors (Lipinski definition) is 11. The van der Waals surface area contributed by atoms with Crippen LogP contribution in [0, 0.1) is 10.8 Å².